The Bertz CT molecular complexity index is 254. The van der Waals surface area contributed by atoms with Gasteiger partial charge < -0.3 is 4.74 Å². The Morgan fingerprint density at radius 2 is 2.12 bits per heavy atom. The molecule has 0 radical (unpaired) electrons. The third-order valence-corrected chi connectivity index (χ3v) is 2.57. The minimum Gasteiger partial charge on any atom is -0.463 e. The highest BCUT2D eigenvalue weighted by atomic mass is 16.5. The number of esters is 1. The Kier molecular flexibility index (Phi) is 9.50. The van der Waals surface area contributed by atoms with E-state index in [-0.39, 0.29) is 5.97 Å². The maximum absolute atomic E-state index is 11.3. The molecule has 2 nitrogen and oxygen atoms in total. The first-order valence-electron chi connectivity index (χ1n) is 6.55. The highest BCUT2D eigenvalue weighted by molar-refractivity contribution is 5.81. The van der Waals surface area contributed by atoms with Crippen molar-refractivity contribution in [2.24, 2.45) is 5.92 Å². The molecule has 2 heteroatoms. The molecule has 0 rings (SSSR count). The molecule has 0 saturated carbocycles. The van der Waals surface area contributed by atoms with Crippen LogP contribution in [0.3, 0.4) is 0 Å². The van der Waals surface area contributed by atoms with E-state index in [4.69, 9.17) is 4.74 Å². The van der Waals surface area contributed by atoms with Crippen LogP contribution in [0.25, 0.3) is 0 Å². The fourth-order valence-electron chi connectivity index (χ4n) is 1.43. The third kappa shape index (κ3) is 11.2. The molecule has 98 valence electrons. The summed E-state index contributed by atoms with van der Waals surface area (Å²) in [6, 6.07) is 0. The van der Waals surface area contributed by atoms with Gasteiger partial charge in [-0.3, -0.25) is 0 Å². The number of carbonyl (C=O) groups excluding carboxylic acids is 1. The molecule has 0 aromatic rings. The molecule has 17 heavy (non-hydrogen) atoms. The molecule has 0 aliphatic heterocycles. The van der Waals surface area contributed by atoms with Gasteiger partial charge in [0.05, 0.1) is 6.61 Å². The zero-order valence-electron chi connectivity index (χ0n) is 11.5. The van der Waals surface area contributed by atoms with E-state index in [9.17, 15) is 4.79 Å². The first-order valence-corrected chi connectivity index (χ1v) is 6.55. The molecule has 0 fully saturated rings. The maximum Gasteiger partial charge on any atom is 0.330 e. The normalized spacial score (nSPS) is 12.6. The van der Waals surface area contributed by atoms with Crippen molar-refractivity contribution < 1.29 is 9.53 Å². The molecule has 0 aliphatic carbocycles. The van der Waals surface area contributed by atoms with E-state index in [1.54, 1.807) is 6.08 Å². The summed E-state index contributed by atoms with van der Waals surface area (Å²) in [4.78, 5) is 11.3. The van der Waals surface area contributed by atoms with Crippen LogP contribution in [0.5, 0.6) is 0 Å². The Morgan fingerprint density at radius 1 is 1.41 bits per heavy atom. The first-order chi connectivity index (χ1) is 8.06. The molecule has 0 N–H and O–H groups in total. The lowest BCUT2D eigenvalue weighted by Gasteiger charge is -2.05. The van der Waals surface area contributed by atoms with Gasteiger partial charge in [0.2, 0.25) is 0 Å². The second-order valence-electron chi connectivity index (χ2n) is 4.71. The fourth-order valence-corrected chi connectivity index (χ4v) is 1.43. The topological polar surface area (TPSA) is 26.3 Å². The lowest BCUT2D eigenvalue weighted by Crippen LogP contribution is -2.02. The largest absolute Gasteiger partial charge is 0.463 e. The Balaban J connectivity index is 3.66. The van der Waals surface area contributed by atoms with Crippen LogP contribution in [0.15, 0.2) is 24.3 Å². The Hall–Kier alpha value is -1.05. The van der Waals surface area contributed by atoms with Gasteiger partial charge in [-0.25, -0.2) is 4.79 Å². The van der Waals surface area contributed by atoms with Crippen LogP contribution in [0.1, 0.15) is 52.9 Å². The molecule has 0 aromatic heterocycles. The molecule has 0 saturated heterocycles. The average Bonchev–Trinajstić information content (AvgIpc) is 2.26. The summed E-state index contributed by atoms with van der Waals surface area (Å²) in [5, 5.41) is 0. The van der Waals surface area contributed by atoms with Crippen LogP contribution in [0, 0.1) is 5.92 Å². The second-order valence-corrected chi connectivity index (χ2v) is 4.71. The number of ether oxygens (including phenoxy) is 1. The van der Waals surface area contributed by atoms with E-state index in [0.29, 0.717) is 12.5 Å². The van der Waals surface area contributed by atoms with E-state index in [2.05, 4.69) is 20.4 Å². The lowest BCUT2D eigenvalue weighted by molar-refractivity contribution is -0.137. The van der Waals surface area contributed by atoms with E-state index in [1.165, 1.54) is 5.57 Å². The van der Waals surface area contributed by atoms with Crippen LogP contribution in [-0.4, -0.2) is 12.6 Å². The standard InChI is InChI=1S/C15H26O2/c1-5-6-12-17-15(16)11-10-14(4)9-7-8-13(2)3/h10-11,14H,2,5-9,12H2,1,3-4H3/b11-10+. The van der Waals surface area contributed by atoms with Gasteiger partial charge in [-0.2, -0.15) is 0 Å². The van der Waals surface area contributed by atoms with Gasteiger partial charge in [0.15, 0.2) is 0 Å². The lowest BCUT2D eigenvalue weighted by atomic mass is 10.0. The van der Waals surface area contributed by atoms with Crippen molar-refractivity contribution in [3.8, 4) is 0 Å². The van der Waals surface area contributed by atoms with Gasteiger partial charge in [0.1, 0.15) is 0 Å². The monoisotopic (exact) mass is 238 g/mol. The molecule has 1 atom stereocenters. The predicted octanol–water partition coefficient (Wildman–Crippen LogP) is 4.27. The molecule has 0 aliphatic rings. The molecule has 0 bridgehead atoms. The fraction of sp³-hybridized carbons (Fsp3) is 0.667. The highest BCUT2D eigenvalue weighted by Crippen LogP contribution is 2.12. The Labute approximate surface area is 106 Å². The summed E-state index contributed by atoms with van der Waals surface area (Å²) in [7, 11) is 0. The SMILES string of the molecule is C=C(C)CCCC(C)/C=C/C(=O)OCCCC. The molecule has 0 spiro atoms. The van der Waals surface area contributed by atoms with E-state index >= 15 is 0 Å². The van der Waals surface area contributed by atoms with Crippen LogP contribution >= 0.6 is 0 Å². The molecule has 0 aromatic carbocycles. The van der Waals surface area contributed by atoms with Gasteiger partial charge in [0.25, 0.3) is 0 Å². The summed E-state index contributed by atoms with van der Waals surface area (Å²) in [6.45, 7) is 10.7. The van der Waals surface area contributed by atoms with Crippen LogP contribution in [0.4, 0.5) is 0 Å². The number of unbranched alkanes of at least 4 members (excludes halogenated alkanes) is 1. The van der Waals surface area contributed by atoms with Crippen molar-refractivity contribution in [2.75, 3.05) is 6.61 Å². The quantitative estimate of drug-likeness (QED) is 0.259. The highest BCUT2D eigenvalue weighted by Gasteiger charge is 2.00. The van der Waals surface area contributed by atoms with Crippen molar-refractivity contribution in [3.63, 3.8) is 0 Å². The van der Waals surface area contributed by atoms with Crippen molar-refractivity contribution in [3.05, 3.63) is 24.3 Å². The van der Waals surface area contributed by atoms with Gasteiger partial charge in [-0.1, -0.05) is 31.9 Å². The first kappa shape index (κ1) is 16.0. The minimum atomic E-state index is -0.217. The molecule has 1 unspecified atom stereocenters. The van der Waals surface area contributed by atoms with E-state index in [0.717, 1.165) is 32.1 Å². The number of hydrogen-bond acceptors (Lipinski definition) is 2. The summed E-state index contributed by atoms with van der Waals surface area (Å²) >= 11 is 0. The van der Waals surface area contributed by atoms with E-state index < -0.39 is 0 Å². The van der Waals surface area contributed by atoms with Crippen LogP contribution in [-0.2, 0) is 9.53 Å². The summed E-state index contributed by atoms with van der Waals surface area (Å²) in [5.74, 6) is 0.207. The molecule has 0 heterocycles. The molecular weight excluding hydrogens is 212 g/mol. The smallest absolute Gasteiger partial charge is 0.330 e. The van der Waals surface area contributed by atoms with Gasteiger partial charge in [0, 0.05) is 6.08 Å². The summed E-state index contributed by atoms with van der Waals surface area (Å²) < 4.78 is 5.04. The zero-order valence-corrected chi connectivity index (χ0v) is 11.5. The van der Waals surface area contributed by atoms with Crippen LogP contribution in [0.2, 0.25) is 0 Å². The number of allylic oxidation sites excluding steroid dienone is 2. The number of rotatable bonds is 9. The summed E-state index contributed by atoms with van der Waals surface area (Å²) in [5.41, 5.74) is 1.22. The number of carbonyl (C=O) groups is 1. The van der Waals surface area contributed by atoms with Crippen molar-refractivity contribution in [1.82, 2.24) is 0 Å². The maximum atomic E-state index is 11.3. The van der Waals surface area contributed by atoms with Gasteiger partial charge in [-0.15, -0.1) is 6.58 Å². The summed E-state index contributed by atoms with van der Waals surface area (Å²) in [6.07, 6.45) is 8.77. The zero-order chi connectivity index (χ0) is 13.1. The Morgan fingerprint density at radius 3 is 2.71 bits per heavy atom. The number of hydrogen-bond donors (Lipinski definition) is 0. The molecular formula is C15H26O2. The van der Waals surface area contributed by atoms with Crippen LogP contribution < -0.4 is 0 Å². The minimum absolute atomic E-state index is 0.217. The van der Waals surface area contributed by atoms with Crippen molar-refractivity contribution >= 4 is 5.97 Å². The van der Waals surface area contributed by atoms with E-state index in [1.807, 2.05) is 13.0 Å². The third-order valence-electron chi connectivity index (χ3n) is 2.57. The van der Waals surface area contributed by atoms with Gasteiger partial charge in [-0.05, 0) is 38.5 Å². The predicted molar refractivity (Wildman–Crippen MR) is 72.8 cm³/mol. The average molecular weight is 238 g/mol. The molecule has 0 amide bonds. The van der Waals surface area contributed by atoms with Crippen molar-refractivity contribution in [1.29, 1.82) is 0 Å². The second kappa shape index (κ2) is 10.1. The van der Waals surface area contributed by atoms with Gasteiger partial charge >= 0.3 is 5.97 Å². The van der Waals surface area contributed by atoms with Crippen molar-refractivity contribution in [2.45, 2.75) is 52.9 Å².